The van der Waals surface area contributed by atoms with Gasteiger partial charge in [0.2, 0.25) is 0 Å². The topological polar surface area (TPSA) is 30.5 Å². The highest BCUT2D eigenvalue weighted by Gasteiger charge is 2.28. The molecule has 0 radical (unpaired) electrons. The molecule has 1 saturated heterocycles. The van der Waals surface area contributed by atoms with Crippen molar-refractivity contribution in [3.05, 3.63) is 12.2 Å². The summed E-state index contributed by atoms with van der Waals surface area (Å²) in [7, 11) is 0. The lowest BCUT2D eigenvalue weighted by Gasteiger charge is -2.19. The summed E-state index contributed by atoms with van der Waals surface area (Å²) >= 11 is 0. The van der Waals surface area contributed by atoms with E-state index < -0.39 is 0 Å². The van der Waals surface area contributed by atoms with Crippen LogP contribution in [0.2, 0.25) is 0 Å². The molecule has 2 aliphatic rings. The third-order valence-corrected chi connectivity index (χ3v) is 2.10. The van der Waals surface area contributed by atoms with E-state index in [1.165, 1.54) is 0 Å². The lowest BCUT2D eigenvalue weighted by molar-refractivity contribution is 0.0495. The van der Waals surface area contributed by atoms with E-state index in [0.29, 0.717) is 6.04 Å². The molecule has 2 atom stereocenters. The second-order valence-corrected chi connectivity index (χ2v) is 2.90. The van der Waals surface area contributed by atoms with Crippen LogP contribution in [0.3, 0.4) is 0 Å². The van der Waals surface area contributed by atoms with Gasteiger partial charge in [-0.15, -0.1) is 0 Å². The van der Waals surface area contributed by atoms with Crippen molar-refractivity contribution in [3.8, 4) is 0 Å². The summed E-state index contributed by atoms with van der Waals surface area (Å²) in [4.78, 5) is 0. The molecule has 1 N–H and O–H groups in total. The van der Waals surface area contributed by atoms with Gasteiger partial charge >= 0.3 is 0 Å². The summed E-state index contributed by atoms with van der Waals surface area (Å²) in [5.41, 5.74) is 0. The molecular formula is C8H13NO2. The zero-order valence-corrected chi connectivity index (χ0v) is 6.45. The molecular weight excluding hydrogens is 142 g/mol. The molecule has 2 aliphatic heterocycles. The number of hydrogen-bond donors (Lipinski definition) is 1. The average molecular weight is 155 g/mol. The molecule has 0 aliphatic carbocycles. The van der Waals surface area contributed by atoms with Gasteiger partial charge in [-0.1, -0.05) is 12.2 Å². The molecule has 2 rings (SSSR count). The molecule has 0 aromatic heterocycles. The third-order valence-electron chi connectivity index (χ3n) is 2.10. The molecule has 0 aromatic rings. The van der Waals surface area contributed by atoms with E-state index in [4.69, 9.17) is 9.47 Å². The number of rotatable bonds is 0. The maximum atomic E-state index is 5.53. The summed E-state index contributed by atoms with van der Waals surface area (Å²) in [5, 5.41) is 3.35. The molecule has 0 unspecified atom stereocenters. The number of ether oxygens (including phenoxy) is 2. The van der Waals surface area contributed by atoms with Crippen LogP contribution < -0.4 is 5.32 Å². The lowest BCUT2D eigenvalue weighted by atomic mass is 10.2. The Morgan fingerprint density at radius 2 is 2.27 bits per heavy atom. The quantitative estimate of drug-likeness (QED) is 0.497. The molecule has 62 valence electrons. The van der Waals surface area contributed by atoms with E-state index in [9.17, 15) is 0 Å². The van der Waals surface area contributed by atoms with Gasteiger partial charge in [-0.05, 0) is 0 Å². The van der Waals surface area contributed by atoms with E-state index in [1.807, 2.05) is 6.08 Å². The van der Waals surface area contributed by atoms with Gasteiger partial charge in [0.05, 0.1) is 32.0 Å². The third kappa shape index (κ3) is 1.61. The Hall–Kier alpha value is -0.380. The first-order chi connectivity index (χ1) is 5.47. The van der Waals surface area contributed by atoms with Crippen LogP contribution in [-0.2, 0) is 9.47 Å². The van der Waals surface area contributed by atoms with Crippen molar-refractivity contribution in [3.63, 3.8) is 0 Å². The lowest BCUT2D eigenvalue weighted by Crippen LogP contribution is -2.41. The minimum atomic E-state index is 0.264. The van der Waals surface area contributed by atoms with E-state index in [2.05, 4.69) is 11.4 Å². The van der Waals surface area contributed by atoms with Crippen molar-refractivity contribution >= 4 is 0 Å². The van der Waals surface area contributed by atoms with E-state index in [0.717, 1.165) is 26.4 Å². The van der Waals surface area contributed by atoms with Gasteiger partial charge < -0.3 is 14.8 Å². The van der Waals surface area contributed by atoms with Crippen molar-refractivity contribution < 1.29 is 9.47 Å². The smallest absolute Gasteiger partial charge is 0.0987 e. The van der Waals surface area contributed by atoms with E-state index >= 15 is 0 Å². The summed E-state index contributed by atoms with van der Waals surface area (Å²) in [6.45, 7) is 3.20. The first kappa shape index (κ1) is 7.28. The van der Waals surface area contributed by atoms with Crippen molar-refractivity contribution in [2.24, 2.45) is 0 Å². The predicted octanol–water partition coefficient (Wildman–Crippen LogP) is -0.0702. The molecule has 0 aromatic carbocycles. The summed E-state index contributed by atoms with van der Waals surface area (Å²) in [6, 6.07) is 0.403. The maximum Gasteiger partial charge on any atom is 0.0987 e. The highest BCUT2D eigenvalue weighted by Crippen LogP contribution is 2.10. The first-order valence-electron chi connectivity index (χ1n) is 4.04. The second kappa shape index (κ2) is 3.34. The van der Waals surface area contributed by atoms with Gasteiger partial charge in [-0.2, -0.15) is 0 Å². The highest BCUT2D eigenvalue weighted by molar-refractivity contribution is 4.92. The maximum absolute atomic E-state index is 5.53. The Morgan fingerprint density at radius 1 is 1.27 bits per heavy atom. The Bertz CT molecular complexity index is 142. The molecule has 3 nitrogen and oxygen atoms in total. The van der Waals surface area contributed by atoms with Crippen LogP contribution >= 0.6 is 0 Å². The summed E-state index contributed by atoms with van der Waals surface area (Å²) in [6.07, 6.45) is 4.40. The molecule has 1 fully saturated rings. The van der Waals surface area contributed by atoms with Gasteiger partial charge in [0.1, 0.15) is 0 Å². The van der Waals surface area contributed by atoms with Crippen LogP contribution in [0.4, 0.5) is 0 Å². The zero-order chi connectivity index (χ0) is 7.52. The fraction of sp³-hybridized carbons (Fsp3) is 0.750. The summed E-state index contributed by atoms with van der Waals surface area (Å²) in [5.74, 6) is 0. The minimum absolute atomic E-state index is 0.264. The Labute approximate surface area is 66.4 Å². The molecule has 0 amide bonds. The Morgan fingerprint density at radius 3 is 3.27 bits per heavy atom. The van der Waals surface area contributed by atoms with Crippen molar-refractivity contribution in [2.45, 2.75) is 12.1 Å². The van der Waals surface area contributed by atoms with Crippen LogP contribution in [0.1, 0.15) is 0 Å². The normalized spacial score (nSPS) is 37.8. The van der Waals surface area contributed by atoms with Crippen molar-refractivity contribution in [1.82, 2.24) is 5.32 Å². The second-order valence-electron chi connectivity index (χ2n) is 2.90. The monoisotopic (exact) mass is 155 g/mol. The Kier molecular flexibility index (Phi) is 2.21. The van der Waals surface area contributed by atoms with Crippen molar-refractivity contribution in [1.29, 1.82) is 0 Å². The van der Waals surface area contributed by atoms with E-state index in [1.54, 1.807) is 0 Å². The van der Waals surface area contributed by atoms with Crippen LogP contribution in [0.25, 0.3) is 0 Å². The van der Waals surface area contributed by atoms with Crippen molar-refractivity contribution in [2.75, 3.05) is 26.4 Å². The van der Waals surface area contributed by atoms with E-state index in [-0.39, 0.29) is 6.10 Å². The van der Waals surface area contributed by atoms with Gasteiger partial charge in [-0.25, -0.2) is 0 Å². The van der Waals surface area contributed by atoms with Crippen LogP contribution in [0.15, 0.2) is 12.2 Å². The molecule has 0 bridgehead atoms. The SMILES string of the molecule is C1=CCO[C@@H]2COC[C@@H]2NC1. The fourth-order valence-electron chi connectivity index (χ4n) is 1.44. The van der Waals surface area contributed by atoms with Gasteiger partial charge in [-0.3, -0.25) is 0 Å². The Balaban J connectivity index is 1.97. The largest absolute Gasteiger partial charge is 0.377 e. The van der Waals surface area contributed by atoms with Gasteiger partial charge in [0, 0.05) is 6.54 Å². The molecule has 11 heavy (non-hydrogen) atoms. The molecule has 0 saturated carbocycles. The van der Waals surface area contributed by atoms with Crippen LogP contribution in [0.5, 0.6) is 0 Å². The van der Waals surface area contributed by atoms with Gasteiger partial charge in [0.15, 0.2) is 0 Å². The first-order valence-corrected chi connectivity index (χ1v) is 4.04. The number of nitrogens with one attached hydrogen (secondary N) is 1. The summed E-state index contributed by atoms with van der Waals surface area (Å²) < 4.78 is 10.8. The fourth-order valence-corrected chi connectivity index (χ4v) is 1.44. The highest BCUT2D eigenvalue weighted by atomic mass is 16.5. The zero-order valence-electron chi connectivity index (χ0n) is 6.45. The van der Waals surface area contributed by atoms with Gasteiger partial charge in [0.25, 0.3) is 0 Å². The van der Waals surface area contributed by atoms with Crippen LogP contribution in [0, 0.1) is 0 Å². The number of hydrogen-bond acceptors (Lipinski definition) is 3. The standard InChI is InChI=1S/C8H13NO2/c1-2-4-11-8-6-10-5-7(8)9-3-1/h1-2,7-9H,3-6H2/t7-,8+/m0/s1. The molecule has 3 heteroatoms. The minimum Gasteiger partial charge on any atom is -0.377 e. The van der Waals surface area contributed by atoms with Crippen LogP contribution in [-0.4, -0.2) is 38.5 Å². The number of fused-ring (bicyclic) bond motifs is 1. The molecule has 0 spiro atoms. The predicted molar refractivity (Wildman–Crippen MR) is 41.5 cm³/mol. The molecule has 2 heterocycles. The average Bonchev–Trinajstić information content (AvgIpc) is 2.35.